The van der Waals surface area contributed by atoms with Crippen molar-refractivity contribution in [3.8, 4) is 5.75 Å². The van der Waals surface area contributed by atoms with Crippen LogP contribution in [-0.4, -0.2) is 57.3 Å². The van der Waals surface area contributed by atoms with Crippen molar-refractivity contribution in [1.29, 1.82) is 0 Å². The first-order valence-corrected chi connectivity index (χ1v) is 12.8. The third-order valence-corrected chi connectivity index (χ3v) is 8.26. The Bertz CT molecular complexity index is 1400. The largest absolute Gasteiger partial charge is 0.491 e. The molecule has 1 spiro atoms. The molecule has 1 saturated carbocycles. The second-order valence-electron chi connectivity index (χ2n) is 10.6. The van der Waals surface area contributed by atoms with Crippen LogP contribution in [0.2, 0.25) is 5.02 Å². The summed E-state index contributed by atoms with van der Waals surface area (Å²) in [4.78, 5) is 32.2. The molecule has 6 rings (SSSR count). The van der Waals surface area contributed by atoms with Gasteiger partial charge in [-0.15, -0.1) is 0 Å². The zero-order valence-electron chi connectivity index (χ0n) is 20.2. The molecule has 0 unspecified atom stereocenters. The number of fused-ring (bicyclic) bond motifs is 3. The fourth-order valence-electron chi connectivity index (χ4n) is 6.03. The minimum atomic E-state index is -0.721. The number of benzene rings is 1. The number of carbonyl (C=O) groups excluding carboxylic acids is 1. The van der Waals surface area contributed by atoms with Crippen LogP contribution in [0.15, 0.2) is 47.4 Å². The summed E-state index contributed by atoms with van der Waals surface area (Å²) >= 11 is 6.22. The quantitative estimate of drug-likeness (QED) is 0.547. The predicted octanol–water partition coefficient (Wildman–Crippen LogP) is 3.50. The lowest BCUT2D eigenvalue weighted by Gasteiger charge is -2.41. The van der Waals surface area contributed by atoms with Gasteiger partial charge < -0.3 is 15.2 Å². The number of aromatic nitrogens is 2. The number of rotatable bonds is 5. The molecule has 0 bridgehead atoms. The van der Waals surface area contributed by atoms with Gasteiger partial charge in [0, 0.05) is 34.7 Å². The fraction of sp³-hybridized carbons (Fsp3) is 0.444. The van der Waals surface area contributed by atoms with Gasteiger partial charge in [-0.05, 0) is 81.6 Å². The van der Waals surface area contributed by atoms with Crippen molar-refractivity contribution in [2.75, 3.05) is 31.6 Å². The number of aliphatic hydroxyl groups is 1. The Morgan fingerprint density at radius 3 is 2.69 bits per heavy atom. The number of nitrogens with one attached hydrogen (secondary N) is 1. The highest BCUT2D eigenvalue weighted by molar-refractivity contribution is 6.31. The number of ether oxygens (including phenoxy) is 1. The number of anilines is 1. The van der Waals surface area contributed by atoms with Crippen molar-refractivity contribution in [3.05, 3.63) is 63.5 Å². The number of hydrogen-bond donors (Lipinski definition) is 2. The van der Waals surface area contributed by atoms with Crippen molar-refractivity contribution in [1.82, 2.24) is 14.5 Å². The number of hydrogen-bond acceptors (Lipinski definition) is 6. The molecule has 188 valence electrons. The zero-order chi connectivity index (χ0) is 25.1. The maximum absolute atomic E-state index is 12.8. The first-order valence-electron chi connectivity index (χ1n) is 12.4. The summed E-state index contributed by atoms with van der Waals surface area (Å²) in [5, 5.41) is 14.6. The van der Waals surface area contributed by atoms with E-state index < -0.39 is 11.0 Å². The van der Waals surface area contributed by atoms with Gasteiger partial charge in [-0.25, -0.2) is 4.98 Å². The smallest absolute Gasteiger partial charge is 0.252 e. The molecule has 8 nitrogen and oxygen atoms in total. The van der Waals surface area contributed by atoms with Crippen LogP contribution in [0.25, 0.3) is 11.0 Å². The van der Waals surface area contributed by atoms with Crippen molar-refractivity contribution in [3.63, 3.8) is 0 Å². The van der Waals surface area contributed by atoms with Gasteiger partial charge in [0.25, 0.3) is 5.56 Å². The van der Waals surface area contributed by atoms with E-state index >= 15 is 0 Å². The second kappa shape index (κ2) is 8.57. The van der Waals surface area contributed by atoms with Crippen molar-refractivity contribution in [2.45, 2.75) is 49.7 Å². The van der Waals surface area contributed by atoms with Gasteiger partial charge in [-0.2, -0.15) is 0 Å². The Hall–Kier alpha value is -2.94. The van der Waals surface area contributed by atoms with Gasteiger partial charge in [0.1, 0.15) is 18.0 Å². The average Bonchev–Trinajstić information content (AvgIpc) is 3.09. The highest BCUT2D eigenvalue weighted by atomic mass is 35.5. The number of piperidine rings is 1. The van der Waals surface area contributed by atoms with E-state index in [0.717, 1.165) is 49.1 Å². The fourth-order valence-corrected chi connectivity index (χ4v) is 6.20. The van der Waals surface area contributed by atoms with E-state index in [9.17, 15) is 14.7 Å². The molecule has 1 aliphatic carbocycles. The van der Waals surface area contributed by atoms with E-state index in [1.165, 1.54) is 0 Å². The average molecular weight is 509 g/mol. The molecule has 36 heavy (non-hydrogen) atoms. The molecule has 2 fully saturated rings. The Labute approximate surface area is 213 Å². The van der Waals surface area contributed by atoms with Crippen LogP contribution in [0.1, 0.15) is 44.2 Å². The molecule has 3 aliphatic rings. The third kappa shape index (κ3) is 3.97. The lowest BCUT2D eigenvalue weighted by atomic mass is 9.73. The van der Waals surface area contributed by atoms with Crippen molar-refractivity contribution < 1.29 is 14.6 Å². The monoisotopic (exact) mass is 508 g/mol. The Balaban J connectivity index is 1.08. The highest BCUT2D eigenvalue weighted by Crippen LogP contribution is 2.46. The van der Waals surface area contributed by atoms with Crippen LogP contribution in [0.4, 0.5) is 5.69 Å². The number of pyridine rings is 2. The van der Waals surface area contributed by atoms with Crippen LogP contribution in [-0.2, 0) is 10.2 Å². The molecule has 2 aromatic heterocycles. The summed E-state index contributed by atoms with van der Waals surface area (Å²) in [6.45, 7) is 4.64. The lowest BCUT2D eigenvalue weighted by Crippen LogP contribution is -2.47. The van der Waals surface area contributed by atoms with Crippen LogP contribution in [0.5, 0.6) is 5.75 Å². The Kier molecular flexibility index (Phi) is 5.59. The van der Waals surface area contributed by atoms with E-state index in [1.807, 2.05) is 24.3 Å². The molecule has 3 aromatic rings. The number of carbonyl (C=O) groups is 1. The SMILES string of the molecule is CC1(O)CC(n2c(=O)ccc3cc(OCCN4CCC5(CC4)C(=O)Nc4ccc(Cl)cc45)cnc32)C1. The van der Waals surface area contributed by atoms with Crippen molar-refractivity contribution >= 4 is 34.2 Å². The van der Waals surface area contributed by atoms with Gasteiger partial charge in [-0.3, -0.25) is 19.1 Å². The lowest BCUT2D eigenvalue weighted by molar-refractivity contribution is -0.122. The van der Waals surface area contributed by atoms with E-state index in [-0.39, 0.29) is 17.5 Å². The normalized spacial score (nSPS) is 25.0. The van der Waals surface area contributed by atoms with Crippen molar-refractivity contribution in [2.24, 2.45) is 0 Å². The molecule has 1 amide bonds. The molecule has 1 aromatic carbocycles. The number of halogens is 1. The molecular weight excluding hydrogens is 480 g/mol. The van der Waals surface area contributed by atoms with Crippen LogP contribution >= 0.6 is 11.6 Å². The molecule has 2 N–H and O–H groups in total. The summed E-state index contributed by atoms with van der Waals surface area (Å²) in [5.41, 5.74) is 1.19. The maximum atomic E-state index is 12.8. The third-order valence-electron chi connectivity index (χ3n) is 8.02. The standard InChI is InChI=1S/C27H29ClN4O4/c1-26(35)14-19(15-26)32-23(33)5-2-17-12-20(16-29-24(17)32)36-11-10-31-8-6-27(7-9-31)21-13-18(28)3-4-22(21)30-25(27)34/h2-5,12-13,16,19,35H,6-11,14-15H2,1H3,(H,30,34). The number of likely N-dealkylation sites (tertiary alicyclic amines) is 1. The van der Waals surface area contributed by atoms with Crippen LogP contribution < -0.4 is 15.6 Å². The molecule has 0 radical (unpaired) electrons. The minimum absolute atomic E-state index is 0.0391. The summed E-state index contributed by atoms with van der Waals surface area (Å²) < 4.78 is 7.69. The van der Waals surface area contributed by atoms with E-state index in [2.05, 4.69) is 15.2 Å². The van der Waals surface area contributed by atoms with Gasteiger partial charge in [0.15, 0.2) is 0 Å². The Morgan fingerprint density at radius 2 is 1.94 bits per heavy atom. The maximum Gasteiger partial charge on any atom is 0.252 e. The van der Waals surface area contributed by atoms with Gasteiger partial charge in [0.05, 0.1) is 17.2 Å². The van der Waals surface area contributed by atoms with Crippen LogP contribution in [0.3, 0.4) is 0 Å². The molecule has 1 saturated heterocycles. The molecule has 9 heteroatoms. The molecule has 4 heterocycles. The van der Waals surface area contributed by atoms with E-state index in [0.29, 0.717) is 35.9 Å². The summed E-state index contributed by atoms with van der Waals surface area (Å²) in [7, 11) is 0. The number of nitrogens with zero attached hydrogens (tertiary/aromatic N) is 3. The van der Waals surface area contributed by atoms with E-state index in [4.69, 9.17) is 16.3 Å². The molecule has 2 aliphatic heterocycles. The van der Waals surface area contributed by atoms with E-state index in [1.54, 1.807) is 29.8 Å². The summed E-state index contributed by atoms with van der Waals surface area (Å²) in [6, 6.07) is 10.8. The van der Waals surface area contributed by atoms with Crippen LogP contribution in [0, 0.1) is 0 Å². The number of amides is 1. The Morgan fingerprint density at radius 1 is 1.17 bits per heavy atom. The second-order valence-corrected chi connectivity index (χ2v) is 11.0. The van der Waals surface area contributed by atoms with Gasteiger partial charge in [-0.1, -0.05) is 11.6 Å². The van der Waals surface area contributed by atoms with Gasteiger partial charge >= 0.3 is 0 Å². The first kappa shape index (κ1) is 23.5. The first-order chi connectivity index (χ1) is 17.2. The topological polar surface area (TPSA) is 96.7 Å². The molecular formula is C27H29ClN4O4. The highest BCUT2D eigenvalue weighted by Gasteiger charge is 2.48. The minimum Gasteiger partial charge on any atom is -0.491 e. The zero-order valence-corrected chi connectivity index (χ0v) is 20.9. The predicted molar refractivity (Wildman–Crippen MR) is 138 cm³/mol. The molecule has 0 atom stereocenters. The van der Waals surface area contributed by atoms with Gasteiger partial charge in [0.2, 0.25) is 5.91 Å². The summed E-state index contributed by atoms with van der Waals surface area (Å²) in [5.74, 6) is 0.724. The summed E-state index contributed by atoms with van der Waals surface area (Å²) in [6.07, 6.45) is 4.24.